The van der Waals surface area contributed by atoms with Gasteiger partial charge in [-0.2, -0.15) is 5.11 Å². The Kier molecular flexibility index (Phi) is 3.80. The molecule has 0 radical (unpaired) electrons. The number of hydrogen-bond acceptors (Lipinski definition) is 5. The number of anilines is 2. The molecule has 2 aromatic rings. The molecule has 0 aromatic heterocycles. The van der Waals surface area contributed by atoms with Gasteiger partial charge in [0.25, 0.3) is 11.8 Å². The van der Waals surface area contributed by atoms with E-state index in [2.05, 4.69) is 10.3 Å². The molecule has 26 heavy (non-hydrogen) atoms. The lowest BCUT2D eigenvalue weighted by Gasteiger charge is -2.23. The number of carbonyl (C=O) groups excluding carboxylic acids is 2. The molecule has 0 saturated carbocycles. The van der Waals surface area contributed by atoms with Crippen LogP contribution in [0.15, 0.2) is 46.7 Å². The lowest BCUT2D eigenvalue weighted by Crippen LogP contribution is -2.40. The van der Waals surface area contributed by atoms with Crippen LogP contribution in [0.4, 0.5) is 11.4 Å². The van der Waals surface area contributed by atoms with E-state index in [9.17, 15) is 9.59 Å². The van der Waals surface area contributed by atoms with Crippen LogP contribution < -0.4 is 9.91 Å². The van der Waals surface area contributed by atoms with Crippen molar-refractivity contribution in [3.8, 4) is 0 Å². The molecule has 2 amide bonds. The van der Waals surface area contributed by atoms with E-state index >= 15 is 0 Å². The zero-order valence-electron chi connectivity index (χ0n) is 14.6. The predicted molar refractivity (Wildman–Crippen MR) is 99.5 cm³/mol. The van der Waals surface area contributed by atoms with Gasteiger partial charge in [-0.05, 0) is 55.7 Å². The van der Waals surface area contributed by atoms with Gasteiger partial charge in [-0.3, -0.25) is 9.59 Å². The fourth-order valence-corrected chi connectivity index (χ4v) is 3.49. The number of amides is 2. The number of hydrogen-bond donors (Lipinski definition) is 0. The Morgan fingerprint density at radius 3 is 2.50 bits per heavy atom. The Balaban J connectivity index is 1.74. The van der Waals surface area contributed by atoms with Crippen LogP contribution in [0.1, 0.15) is 16.7 Å². The van der Waals surface area contributed by atoms with Crippen molar-refractivity contribution in [2.45, 2.75) is 32.9 Å². The maximum absolute atomic E-state index is 13.1. The molecule has 2 aliphatic rings. The summed E-state index contributed by atoms with van der Waals surface area (Å²) in [6.07, 6.45) is 0. The molecule has 0 unspecified atom stereocenters. The zero-order chi connectivity index (χ0) is 18.6. The Labute approximate surface area is 156 Å². The number of benzene rings is 2. The normalized spacial score (nSPS) is 21.7. The van der Waals surface area contributed by atoms with Crippen molar-refractivity contribution >= 4 is 34.8 Å². The number of carbonyl (C=O) groups is 2. The third-order valence-electron chi connectivity index (χ3n) is 5.02. The van der Waals surface area contributed by atoms with E-state index in [-0.39, 0.29) is 11.8 Å². The first-order chi connectivity index (χ1) is 12.4. The first-order valence-electron chi connectivity index (χ1n) is 8.30. The van der Waals surface area contributed by atoms with Crippen LogP contribution in [0.2, 0.25) is 5.02 Å². The smallest absolute Gasteiger partial charge is 0.263 e. The zero-order valence-corrected chi connectivity index (χ0v) is 15.4. The van der Waals surface area contributed by atoms with Gasteiger partial charge in [-0.25, -0.2) is 9.91 Å². The average molecular weight is 369 g/mol. The summed E-state index contributed by atoms with van der Waals surface area (Å²) in [6.45, 7) is 5.82. The second-order valence-electron chi connectivity index (χ2n) is 6.60. The number of nitrogens with zero attached hydrogens (tertiary/aromatic N) is 4. The molecule has 4 rings (SSSR count). The van der Waals surface area contributed by atoms with Crippen molar-refractivity contribution < 1.29 is 9.59 Å². The SMILES string of the molecule is Cc1ccc(N2C(=O)[C@@H]3[C@@H](N=NN3c3cccc(C)c3C)C2=O)cc1Cl. The highest BCUT2D eigenvalue weighted by Crippen LogP contribution is 2.37. The molecule has 0 N–H and O–H groups in total. The quantitative estimate of drug-likeness (QED) is 0.758. The predicted octanol–water partition coefficient (Wildman–Crippen LogP) is 3.76. The van der Waals surface area contributed by atoms with Gasteiger partial charge >= 0.3 is 0 Å². The van der Waals surface area contributed by atoms with E-state index in [1.54, 1.807) is 23.2 Å². The molecule has 1 fully saturated rings. The van der Waals surface area contributed by atoms with Crippen molar-refractivity contribution in [3.05, 3.63) is 58.1 Å². The van der Waals surface area contributed by atoms with Crippen LogP contribution in [0, 0.1) is 20.8 Å². The van der Waals surface area contributed by atoms with Gasteiger partial charge in [0.1, 0.15) is 0 Å². The van der Waals surface area contributed by atoms with E-state index in [1.165, 1.54) is 0 Å². The molecule has 2 atom stereocenters. The maximum Gasteiger partial charge on any atom is 0.263 e. The summed E-state index contributed by atoms with van der Waals surface area (Å²) in [6, 6.07) is 9.32. The molecule has 0 bridgehead atoms. The Bertz CT molecular complexity index is 972. The highest BCUT2D eigenvalue weighted by atomic mass is 35.5. The summed E-state index contributed by atoms with van der Waals surface area (Å²) < 4.78 is 0. The third-order valence-corrected chi connectivity index (χ3v) is 5.43. The number of fused-ring (bicyclic) bond motifs is 1. The first kappa shape index (κ1) is 16.7. The molecule has 2 aliphatic heterocycles. The van der Waals surface area contributed by atoms with Crippen molar-refractivity contribution in [2.75, 3.05) is 9.91 Å². The van der Waals surface area contributed by atoms with Crippen LogP contribution in [0.5, 0.6) is 0 Å². The Morgan fingerprint density at radius 1 is 1.00 bits per heavy atom. The fourth-order valence-electron chi connectivity index (χ4n) is 3.32. The largest absolute Gasteiger partial charge is 0.271 e. The summed E-state index contributed by atoms with van der Waals surface area (Å²) in [5.74, 6) is -0.720. The number of imide groups is 1. The average Bonchev–Trinajstić information content (AvgIpc) is 3.14. The number of halogens is 1. The maximum atomic E-state index is 13.1. The standard InChI is InChI=1S/C19H17ClN4O2/c1-10-5-4-6-15(12(10)3)24-17-16(21-22-24)18(25)23(19(17)26)13-8-7-11(2)14(20)9-13/h4-9,16-17H,1-3H3/t16-,17+/m1/s1. The summed E-state index contributed by atoms with van der Waals surface area (Å²) in [4.78, 5) is 27.0. The van der Waals surface area contributed by atoms with Gasteiger partial charge < -0.3 is 0 Å². The number of rotatable bonds is 2. The second kappa shape index (κ2) is 5.92. The second-order valence-corrected chi connectivity index (χ2v) is 7.01. The highest BCUT2D eigenvalue weighted by molar-refractivity contribution is 6.32. The summed E-state index contributed by atoms with van der Waals surface area (Å²) in [5.41, 5.74) is 4.21. The van der Waals surface area contributed by atoms with Gasteiger partial charge in [-0.15, -0.1) is 0 Å². The van der Waals surface area contributed by atoms with E-state index < -0.39 is 12.1 Å². The van der Waals surface area contributed by atoms with Gasteiger partial charge in [0, 0.05) is 5.02 Å². The van der Waals surface area contributed by atoms with Crippen molar-refractivity contribution in [1.82, 2.24) is 0 Å². The molecule has 0 aliphatic carbocycles. The molecule has 6 nitrogen and oxygen atoms in total. The van der Waals surface area contributed by atoms with Gasteiger partial charge in [0.2, 0.25) is 0 Å². The monoisotopic (exact) mass is 368 g/mol. The first-order valence-corrected chi connectivity index (χ1v) is 8.68. The lowest BCUT2D eigenvalue weighted by atomic mass is 10.1. The van der Waals surface area contributed by atoms with Crippen molar-refractivity contribution in [2.24, 2.45) is 10.3 Å². The van der Waals surface area contributed by atoms with Crippen LogP contribution in [-0.2, 0) is 9.59 Å². The minimum atomic E-state index is -0.831. The highest BCUT2D eigenvalue weighted by Gasteiger charge is 2.55. The minimum absolute atomic E-state index is 0.342. The van der Waals surface area contributed by atoms with E-state index in [0.29, 0.717) is 10.7 Å². The van der Waals surface area contributed by atoms with Crippen LogP contribution in [0.3, 0.4) is 0 Å². The van der Waals surface area contributed by atoms with Crippen LogP contribution in [-0.4, -0.2) is 23.9 Å². The van der Waals surface area contributed by atoms with Gasteiger partial charge in [-0.1, -0.05) is 35.0 Å². The van der Waals surface area contributed by atoms with E-state index in [0.717, 1.165) is 27.3 Å². The Morgan fingerprint density at radius 2 is 1.77 bits per heavy atom. The van der Waals surface area contributed by atoms with Crippen molar-refractivity contribution in [1.29, 1.82) is 0 Å². The minimum Gasteiger partial charge on any atom is -0.271 e. The lowest BCUT2D eigenvalue weighted by molar-refractivity contribution is -0.121. The Hall–Kier alpha value is -2.73. The fraction of sp³-hybridized carbons (Fsp3) is 0.263. The summed E-state index contributed by atoms with van der Waals surface area (Å²) >= 11 is 6.17. The van der Waals surface area contributed by atoms with Crippen molar-refractivity contribution in [3.63, 3.8) is 0 Å². The van der Waals surface area contributed by atoms with Gasteiger partial charge in [0.05, 0.1) is 11.4 Å². The topological polar surface area (TPSA) is 65.3 Å². The molecule has 1 saturated heterocycles. The molecular weight excluding hydrogens is 352 g/mol. The molecular formula is C19H17ClN4O2. The molecule has 7 heteroatoms. The summed E-state index contributed by atoms with van der Waals surface area (Å²) in [5, 5.41) is 10.3. The molecule has 2 heterocycles. The number of aryl methyl sites for hydroxylation is 2. The molecule has 132 valence electrons. The molecule has 0 spiro atoms. The van der Waals surface area contributed by atoms with Gasteiger partial charge in [0.15, 0.2) is 12.1 Å². The third kappa shape index (κ3) is 2.33. The van der Waals surface area contributed by atoms with E-state index in [1.807, 2.05) is 39.0 Å². The van der Waals surface area contributed by atoms with Crippen LogP contribution in [0.25, 0.3) is 0 Å². The van der Waals surface area contributed by atoms with Crippen LogP contribution >= 0.6 is 11.6 Å². The van der Waals surface area contributed by atoms with E-state index in [4.69, 9.17) is 11.6 Å². The molecule has 2 aromatic carbocycles. The summed E-state index contributed by atoms with van der Waals surface area (Å²) in [7, 11) is 0.